The van der Waals surface area contributed by atoms with Crippen molar-refractivity contribution in [3.63, 3.8) is 0 Å². The van der Waals surface area contributed by atoms with Crippen LogP contribution in [0.2, 0.25) is 5.28 Å². The Labute approximate surface area is 118 Å². The van der Waals surface area contributed by atoms with E-state index in [-0.39, 0.29) is 17.5 Å². The first kappa shape index (κ1) is 16.5. The summed E-state index contributed by atoms with van der Waals surface area (Å²) in [6.07, 6.45) is -2.82. The van der Waals surface area contributed by atoms with Crippen LogP contribution in [-0.2, 0) is 4.79 Å². The molecule has 2 N–H and O–H groups in total. The summed E-state index contributed by atoms with van der Waals surface area (Å²) in [4.78, 5) is 19.4. The van der Waals surface area contributed by atoms with Crippen LogP contribution in [0.5, 0.6) is 0 Å². The molecule has 1 unspecified atom stereocenters. The van der Waals surface area contributed by atoms with E-state index < -0.39 is 24.2 Å². The average molecular weight is 311 g/mol. The maximum Gasteiger partial charge on any atom is 0.405 e. The largest absolute Gasteiger partial charge is 0.405 e. The Kier molecular flexibility index (Phi) is 5.15. The number of hydrogen-bond acceptors (Lipinski definition) is 4. The van der Waals surface area contributed by atoms with Gasteiger partial charge < -0.3 is 10.6 Å². The van der Waals surface area contributed by atoms with Gasteiger partial charge in [0.25, 0.3) is 0 Å². The average Bonchev–Trinajstić information content (AvgIpc) is 2.34. The summed E-state index contributed by atoms with van der Waals surface area (Å²) in [5.41, 5.74) is -1.23. The van der Waals surface area contributed by atoms with Crippen LogP contribution in [0.3, 0.4) is 0 Å². The van der Waals surface area contributed by atoms with E-state index in [1.165, 1.54) is 19.2 Å². The standard InChI is InChI=1S/C11H14ClF3N4O/c1-3-10(2,8(20)17-6-11(13,14)15)19-7-4-5-16-9(12)18-7/h4-5H,3,6H2,1-2H3,(H,17,20)(H,16,18,19). The zero-order valence-corrected chi connectivity index (χ0v) is 11.6. The normalized spacial score (nSPS) is 14.5. The molecule has 1 aromatic heterocycles. The van der Waals surface area contributed by atoms with Gasteiger partial charge >= 0.3 is 6.18 Å². The van der Waals surface area contributed by atoms with Gasteiger partial charge in [-0.2, -0.15) is 13.2 Å². The first-order valence-electron chi connectivity index (χ1n) is 5.78. The molecule has 112 valence electrons. The lowest BCUT2D eigenvalue weighted by Gasteiger charge is -2.29. The van der Waals surface area contributed by atoms with Gasteiger partial charge in [-0.25, -0.2) is 9.97 Å². The van der Waals surface area contributed by atoms with Gasteiger partial charge in [0.2, 0.25) is 11.2 Å². The van der Waals surface area contributed by atoms with E-state index in [2.05, 4.69) is 15.3 Å². The van der Waals surface area contributed by atoms with E-state index in [1.54, 1.807) is 6.92 Å². The van der Waals surface area contributed by atoms with Crippen LogP contribution in [0.4, 0.5) is 19.0 Å². The van der Waals surface area contributed by atoms with Crippen molar-refractivity contribution >= 4 is 23.3 Å². The Morgan fingerprint density at radius 2 is 2.10 bits per heavy atom. The number of carbonyl (C=O) groups excluding carboxylic acids is 1. The first-order valence-corrected chi connectivity index (χ1v) is 6.16. The predicted octanol–water partition coefficient (Wildman–Crippen LogP) is 2.39. The monoisotopic (exact) mass is 310 g/mol. The third kappa shape index (κ3) is 4.84. The number of anilines is 1. The summed E-state index contributed by atoms with van der Waals surface area (Å²) in [7, 11) is 0. The summed E-state index contributed by atoms with van der Waals surface area (Å²) in [5, 5.41) is 4.59. The smallest absolute Gasteiger partial charge is 0.356 e. The summed E-state index contributed by atoms with van der Waals surface area (Å²) < 4.78 is 36.3. The molecule has 9 heteroatoms. The topological polar surface area (TPSA) is 66.9 Å². The number of nitrogens with one attached hydrogen (secondary N) is 2. The van der Waals surface area contributed by atoms with E-state index in [9.17, 15) is 18.0 Å². The second-order valence-corrected chi connectivity index (χ2v) is 4.66. The van der Waals surface area contributed by atoms with E-state index in [0.717, 1.165) is 0 Å². The fourth-order valence-corrected chi connectivity index (χ4v) is 1.52. The molecule has 0 fully saturated rings. The van der Waals surface area contributed by atoms with Gasteiger partial charge in [0.05, 0.1) is 0 Å². The number of carbonyl (C=O) groups is 1. The van der Waals surface area contributed by atoms with Crippen molar-refractivity contribution in [1.29, 1.82) is 0 Å². The number of amides is 1. The molecule has 0 spiro atoms. The van der Waals surface area contributed by atoms with Gasteiger partial charge in [-0.3, -0.25) is 4.79 Å². The minimum Gasteiger partial charge on any atom is -0.356 e. The Bertz CT molecular complexity index is 483. The van der Waals surface area contributed by atoms with E-state index in [1.807, 2.05) is 5.32 Å². The Morgan fingerprint density at radius 1 is 1.45 bits per heavy atom. The van der Waals surface area contributed by atoms with Crippen LogP contribution in [0, 0.1) is 0 Å². The molecule has 5 nitrogen and oxygen atoms in total. The van der Waals surface area contributed by atoms with E-state index >= 15 is 0 Å². The van der Waals surface area contributed by atoms with Gasteiger partial charge in [0.15, 0.2) is 0 Å². The SMILES string of the molecule is CCC(C)(Nc1ccnc(Cl)n1)C(=O)NCC(F)(F)F. The molecule has 1 heterocycles. The maximum absolute atomic E-state index is 12.1. The lowest BCUT2D eigenvalue weighted by molar-refractivity contribution is -0.140. The Hall–Kier alpha value is -1.57. The van der Waals surface area contributed by atoms with Gasteiger partial charge in [-0.05, 0) is 31.0 Å². The number of nitrogens with zero attached hydrogens (tertiary/aromatic N) is 2. The number of rotatable bonds is 5. The third-order valence-corrected chi connectivity index (χ3v) is 2.87. The second-order valence-electron chi connectivity index (χ2n) is 4.32. The molecule has 0 aliphatic rings. The van der Waals surface area contributed by atoms with Gasteiger partial charge in [-0.15, -0.1) is 0 Å². The highest BCUT2D eigenvalue weighted by molar-refractivity contribution is 6.28. The fraction of sp³-hybridized carbons (Fsp3) is 0.545. The molecule has 1 aromatic rings. The highest BCUT2D eigenvalue weighted by atomic mass is 35.5. The zero-order valence-electron chi connectivity index (χ0n) is 10.9. The zero-order chi connectivity index (χ0) is 15.4. The molecule has 1 rings (SSSR count). The fourth-order valence-electron chi connectivity index (χ4n) is 1.37. The second kappa shape index (κ2) is 6.25. The predicted molar refractivity (Wildman–Crippen MR) is 68.4 cm³/mol. The van der Waals surface area contributed by atoms with Crippen molar-refractivity contribution in [2.24, 2.45) is 0 Å². The number of aromatic nitrogens is 2. The lowest BCUT2D eigenvalue weighted by Crippen LogP contribution is -2.52. The molecular weight excluding hydrogens is 297 g/mol. The molecule has 1 atom stereocenters. The van der Waals surface area contributed by atoms with E-state index in [4.69, 9.17) is 11.6 Å². The van der Waals surface area contributed by atoms with Crippen molar-refractivity contribution in [3.05, 3.63) is 17.5 Å². The van der Waals surface area contributed by atoms with Crippen LogP contribution < -0.4 is 10.6 Å². The lowest BCUT2D eigenvalue weighted by atomic mass is 9.97. The summed E-state index contributed by atoms with van der Waals surface area (Å²) in [5.74, 6) is -0.511. The van der Waals surface area contributed by atoms with Crippen LogP contribution in [-0.4, -0.2) is 34.1 Å². The highest BCUT2D eigenvalue weighted by Gasteiger charge is 2.35. The molecule has 20 heavy (non-hydrogen) atoms. The molecule has 0 bridgehead atoms. The van der Waals surface area contributed by atoms with E-state index in [0.29, 0.717) is 0 Å². The van der Waals surface area contributed by atoms with Crippen molar-refractivity contribution in [2.75, 3.05) is 11.9 Å². The molecular formula is C11H14ClF3N4O. The summed E-state index contributed by atoms with van der Waals surface area (Å²) in [6, 6.07) is 1.47. The molecule has 0 radical (unpaired) electrons. The molecule has 0 saturated carbocycles. The van der Waals surface area contributed by atoms with Gasteiger partial charge in [0.1, 0.15) is 17.9 Å². The van der Waals surface area contributed by atoms with Crippen molar-refractivity contribution in [2.45, 2.75) is 32.0 Å². The Morgan fingerprint density at radius 3 is 2.60 bits per heavy atom. The van der Waals surface area contributed by atoms with Crippen LogP contribution in [0.25, 0.3) is 0 Å². The molecule has 0 saturated heterocycles. The minimum atomic E-state index is -4.46. The number of alkyl halides is 3. The maximum atomic E-state index is 12.1. The van der Waals surface area contributed by atoms with Crippen molar-refractivity contribution < 1.29 is 18.0 Å². The molecule has 0 aliphatic carbocycles. The summed E-state index contributed by atoms with van der Waals surface area (Å²) >= 11 is 5.61. The quantitative estimate of drug-likeness (QED) is 0.820. The highest BCUT2D eigenvalue weighted by Crippen LogP contribution is 2.19. The van der Waals surface area contributed by atoms with Crippen molar-refractivity contribution in [1.82, 2.24) is 15.3 Å². The van der Waals surface area contributed by atoms with Crippen LogP contribution in [0.1, 0.15) is 20.3 Å². The molecule has 0 aliphatic heterocycles. The number of halogens is 4. The Balaban J connectivity index is 2.78. The van der Waals surface area contributed by atoms with Crippen LogP contribution >= 0.6 is 11.6 Å². The van der Waals surface area contributed by atoms with Crippen molar-refractivity contribution in [3.8, 4) is 0 Å². The first-order chi connectivity index (χ1) is 9.16. The minimum absolute atomic E-state index is 0.0239. The van der Waals surface area contributed by atoms with Gasteiger partial charge in [-0.1, -0.05) is 6.92 Å². The third-order valence-electron chi connectivity index (χ3n) is 2.69. The van der Waals surface area contributed by atoms with Crippen LogP contribution in [0.15, 0.2) is 12.3 Å². The summed E-state index contributed by atoms with van der Waals surface area (Å²) in [6.45, 7) is 1.77. The number of hydrogen-bond donors (Lipinski definition) is 2. The molecule has 0 aromatic carbocycles. The van der Waals surface area contributed by atoms with Gasteiger partial charge in [0, 0.05) is 6.20 Å². The molecule has 1 amide bonds.